The van der Waals surface area contributed by atoms with E-state index in [4.69, 9.17) is 4.74 Å². The largest absolute Gasteiger partial charge is 0.461 e. The molecule has 0 bridgehead atoms. The number of benzene rings is 2. The Morgan fingerprint density at radius 3 is 2.65 bits per heavy atom. The number of allylic oxidation sites excluding steroid dienone is 1. The van der Waals surface area contributed by atoms with Gasteiger partial charge >= 0.3 is 5.97 Å². The van der Waals surface area contributed by atoms with Crippen molar-refractivity contribution >= 4 is 12.0 Å². The van der Waals surface area contributed by atoms with Crippen LogP contribution in [0.4, 0.5) is 4.39 Å². The van der Waals surface area contributed by atoms with Crippen molar-refractivity contribution in [2.45, 2.75) is 32.8 Å². The van der Waals surface area contributed by atoms with E-state index in [-0.39, 0.29) is 24.8 Å². The first-order chi connectivity index (χ1) is 11.2. The van der Waals surface area contributed by atoms with Gasteiger partial charge in [-0.2, -0.15) is 0 Å². The molecule has 0 radical (unpaired) electrons. The Hall–Kier alpha value is -2.42. The summed E-state index contributed by atoms with van der Waals surface area (Å²) >= 11 is 0. The third kappa shape index (κ3) is 6.07. The van der Waals surface area contributed by atoms with Crippen LogP contribution in [0.2, 0.25) is 0 Å². The number of carbonyl (C=O) groups is 1. The Labute approximate surface area is 136 Å². The highest BCUT2D eigenvalue weighted by Crippen LogP contribution is 2.13. The fourth-order valence-electron chi connectivity index (χ4n) is 2.22. The average Bonchev–Trinajstić information content (AvgIpc) is 2.54. The smallest absolute Gasteiger partial charge is 0.310 e. The summed E-state index contributed by atoms with van der Waals surface area (Å²) in [4.78, 5) is 11.9. The summed E-state index contributed by atoms with van der Waals surface area (Å²) in [6, 6.07) is 14.1. The predicted octanol–water partition coefficient (Wildman–Crippen LogP) is 4.92. The van der Waals surface area contributed by atoms with E-state index in [1.54, 1.807) is 0 Å². The summed E-state index contributed by atoms with van der Waals surface area (Å²) in [5, 5.41) is 0. The van der Waals surface area contributed by atoms with Gasteiger partial charge in [0.15, 0.2) is 0 Å². The van der Waals surface area contributed by atoms with Gasteiger partial charge < -0.3 is 4.74 Å². The molecule has 2 nitrogen and oxygen atoms in total. The number of ether oxygens (including phenoxy) is 1. The molecular formula is C20H21FO2. The van der Waals surface area contributed by atoms with Crippen molar-refractivity contribution in [1.82, 2.24) is 0 Å². The van der Waals surface area contributed by atoms with Crippen molar-refractivity contribution in [3.8, 4) is 0 Å². The highest BCUT2D eigenvalue weighted by molar-refractivity contribution is 5.73. The molecule has 23 heavy (non-hydrogen) atoms. The fourth-order valence-corrected chi connectivity index (χ4v) is 2.22. The summed E-state index contributed by atoms with van der Waals surface area (Å²) in [5.74, 6) is -0.697. The minimum absolute atomic E-state index is 0.0687. The summed E-state index contributed by atoms with van der Waals surface area (Å²) in [6.07, 6.45) is 5.95. The number of rotatable bonds is 7. The fraction of sp³-hybridized carbons (Fsp3) is 0.250. The van der Waals surface area contributed by atoms with Crippen molar-refractivity contribution < 1.29 is 13.9 Å². The Morgan fingerprint density at radius 2 is 1.91 bits per heavy atom. The second-order valence-electron chi connectivity index (χ2n) is 5.41. The maximum Gasteiger partial charge on any atom is 0.310 e. The molecule has 0 N–H and O–H groups in total. The van der Waals surface area contributed by atoms with Crippen molar-refractivity contribution in [1.29, 1.82) is 0 Å². The molecule has 0 fully saturated rings. The monoisotopic (exact) mass is 312 g/mol. The highest BCUT2D eigenvalue weighted by atomic mass is 19.1. The lowest BCUT2D eigenvalue weighted by atomic mass is 10.1. The molecule has 3 heteroatoms. The SMILES string of the molecule is CCC/C=C/c1cc(F)cc(CC(=O)OCc2ccccc2)c1. The minimum atomic E-state index is -0.358. The van der Waals surface area contributed by atoms with Crippen LogP contribution in [0, 0.1) is 5.82 Å². The van der Waals surface area contributed by atoms with Crippen LogP contribution in [0.25, 0.3) is 6.08 Å². The van der Waals surface area contributed by atoms with Crippen LogP contribution in [-0.4, -0.2) is 5.97 Å². The molecule has 0 spiro atoms. The molecular weight excluding hydrogens is 291 g/mol. The molecule has 0 aliphatic carbocycles. The molecule has 2 aromatic carbocycles. The third-order valence-electron chi connectivity index (χ3n) is 3.34. The number of esters is 1. The Balaban J connectivity index is 1.94. The first-order valence-corrected chi connectivity index (χ1v) is 7.83. The lowest BCUT2D eigenvalue weighted by Crippen LogP contribution is -2.08. The standard InChI is InChI=1S/C20H21FO2/c1-2-3-5-10-17-11-18(13-19(21)12-17)14-20(22)23-15-16-8-6-4-7-9-16/h4-13H,2-3,14-15H2,1H3/b10-5+. The van der Waals surface area contributed by atoms with Crippen LogP contribution in [0.15, 0.2) is 54.6 Å². The van der Waals surface area contributed by atoms with E-state index >= 15 is 0 Å². The molecule has 2 rings (SSSR count). The average molecular weight is 312 g/mol. The molecule has 0 saturated heterocycles. The van der Waals surface area contributed by atoms with Gasteiger partial charge in [-0.3, -0.25) is 4.79 Å². The molecule has 0 heterocycles. The van der Waals surface area contributed by atoms with Gasteiger partial charge in [0.05, 0.1) is 6.42 Å². The van der Waals surface area contributed by atoms with E-state index in [9.17, 15) is 9.18 Å². The molecule has 0 aliphatic rings. The van der Waals surface area contributed by atoms with E-state index in [2.05, 4.69) is 6.92 Å². The molecule has 0 unspecified atom stereocenters. The summed E-state index contributed by atoms with van der Waals surface area (Å²) in [7, 11) is 0. The Kier molecular flexibility index (Phi) is 6.55. The van der Waals surface area contributed by atoms with Gasteiger partial charge in [-0.25, -0.2) is 4.39 Å². The number of halogens is 1. The molecule has 0 aliphatic heterocycles. The second kappa shape index (κ2) is 8.89. The van der Waals surface area contributed by atoms with E-state index < -0.39 is 0 Å². The maximum atomic E-state index is 13.7. The van der Waals surface area contributed by atoms with Crippen molar-refractivity contribution in [2.24, 2.45) is 0 Å². The van der Waals surface area contributed by atoms with Gasteiger partial charge in [0.2, 0.25) is 0 Å². The van der Waals surface area contributed by atoms with E-state index in [0.29, 0.717) is 5.56 Å². The van der Waals surface area contributed by atoms with E-state index in [1.165, 1.54) is 12.1 Å². The molecule has 0 atom stereocenters. The molecule has 0 amide bonds. The number of carbonyl (C=O) groups excluding carboxylic acids is 1. The normalized spacial score (nSPS) is 10.9. The Bertz CT molecular complexity index is 663. The van der Waals surface area contributed by atoms with Crippen LogP contribution >= 0.6 is 0 Å². The van der Waals surface area contributed by atoms with Crippen LogP contribution in [0.1, 0.15) is 36.5 Å². The predicted molar refractivity (Wildman–Crippen MR) is 90.3 cm³/mol. The lowest BCUT2D eigenvalue weighted by Gasteiger charge is -2.06. The van der Waals surface area contributed by atoms with E-state index in [1.807, 2.05) is 48.6 Å². The van der Waals surface area contributed by atoms with Gasteiger partial charge in [-0.15, -0.1) is 0 Å². The maximum absolute atomic E-state index is 13.7. The van der Waals surface area contributed by atoms with Gasteiger partial charge in [0.1, 0.15) is 12.4 Å². The van der Waals surface area contributed by atoms with Gasteiger partial charge in [0, 0.05) is 0 Å². The number of unbranched alkanes of at least 4 members (excludes halogenated alkanes) is 1. The summed E-state index contributed by atoms with van der Waals surface area (Å²) in [5.41, 5.74) is 2.33. The second-order valence-corrected chi connectivity index (χ2v) is 5.41. The highest BCUT2D eigenvalue weighted by Gasteiger charge is 2.07. The Morgan fingerprint density at radius 1 is 1.13 bits per heavy atom. The molecule has 120 valence electrons. The summed E-state index contributed by atoms with van der Waals surface area (Å²) < 4.78 is 18.9. The third-order valence-corrected chi connectivity index (χ3v) is 3.34. The van der Waals surface area contributed by atoms with Gasteiger partial charge in [-0.1, -0.05) is 61.9 Å². The van der Waals surface area contributed by atoms with Crippen LogP contribution in [0.3, 0.4) is 0 Å². The van der Waals surface area contributed by atoms with Crippen molar-refractivity contribution in [2.75, 3.05) is 0 Å². The van der Waals surface area contributed by atoms with Crippen LogP contribution < -0.4 is 0 Å². The molecule has 0 saturated carbocycles. The number of hydrogen-bond donors (Lipinski definition) is 0. The zero-order chi connectivity index (χ0) is 16.5. The number of hydrogen-bond acceptors (Lipinski definition) is 2. The van der Waals surface area contributed by atoms with Crippen LogP contribution in [-0.2, 0) is 22.6 Å². The topological polar surface area (TPSA) is 26.3 Å². The van der Waals surface area contributed by atoms with Gasteiger partial charge in [-0.05, 0) is 35.2 Å². The molecule has 0 aromatic heterocycles. The first-order valence-electron chi connectivity index (χ1n) is 7.83. The van der Waals surface area contributed by atoms with Crippen LogP contribution in [0.5, 0.6) is 0 Å². The minimum Gasteiger partial charge on any atom is -0.461 e. The quantitative estimate of drug-likeness (QED) is 0.678. The zero-order valence-corrected chi connectivity index (χ0v) is 13.3. The lowest BCUT2D eigenvalue weighted by molar-refractivity contribution is -0.144. The summed E-state index contributed by atoms with van der Waals surface area (Å²) in [6.45, 7) is 2.32. The van der Waals surface area contributed by atoms with E-state index in [0.717, 1.165) is 24.0 Å². The molecule has 2 aromatic rings. The zero-order valence-electron chi connectivity index (χ0n) is 13.3. The van der Waals surface area contributed by atoms with Crippen molar-refractivity contribution in [3.63, 3.8) is 0 Å². The van der Waals surface area contributed by atoms with Gasteiger partial charge in [0.25, 0.3) is 0 Å². The first kappa shape index (κ1) is 16.9. The van der Waals surface area contributed by atoms with Crippen molar-refractivity contribution in [3.05, 3.63) is 77.1 Å².